The number of nitrogens with zero attached hydrogens (tertiary/aromatic N) is 3. The maximum Gasteiger partial charge on any atom is 0.0705 e. The minimum absolute atomic E-state index is 0.275. The highest BCUT2D eigenvalue weighted by Gasteiger charge is 2.35. The summed E-state index contributed by atoms with van der Waals surface area (Å²) in [5.74, 6) is 0. The van der Waals surface area contributed by atoms with Gasteiger partial charge in [0.1, 0.15) is 0 Å². The lowest BCUT2D eigenvalue weighted by atomic mass is 10.0. The fraction of sp³-hybridized carbons (Fsp3) is 0.526. The number of benzene rings is 1. The smallest absolute Gasteiger partial charge is 0.0705 e. The molecule has 0 radical (unpaired) electrons. The van der Waals surface area contributed by atoms with Crippen LogP contribution < -0.4 is 0 Å². The molecule has 2 atom stereocenters. The first-order valence-corrected chi connectivity index (χ1v) is 8.77. The van der Waals surface area contributed by atoms with E-state index in [0.29, 0.717) is 12.1 Å². The van der Waals surface area contributed by atoms with Crippen molar-refractivity contribution in [3.63, 3.8) is 0 Å². The predicted octanol–water partition coefficient (Wildman–Crippen LogP) is 2.27. The van der Waals surface area contributed by atoms with Crippen LogP contribution in [0, 0.1) is 0 Å². The maximum absolute atomic E-state index is 9.46. The molecule has 1 aromatic carbocycles. The van der Waals surface area contributed by atoms with Crippen LogP contribution in [0.2, 0.25) is 0 Å². The normalized spacial score (nSPS) is 25.8. The van der Waals surface area contributed by atoms with Gasteiger partial charge >= 0.3 is 0 Å². The van der Waals surface area contributed by atoms with E-state index in [2.05, 4.69) is 39.0 Å². The van der Waals surface area contributed by atoms with Gasteiger partial charge in [-0.25, -0.2) is 0 Å². The molecule has 0 spiro atoms. The standard InChI is InChI=1S/C19H25N3O/c23-11-8-17-13-21-10-3-4-16(21)14-22(17)12-15-7-9-20-19-6-2-1-5-18(15)19/h1-2,5-7,9,16-17,23H,3-4,8,10-14H2/t16-,17+/m1/s1. The Morgan fingerprint density at radius 3 is 3.00 bits per heavy atom. The fourth-order valence-electron chi connectivity index (χ4n) is 4.28. The quantitative estimate of drug-likeness (QED) is 0.940. The first-order chi connectivity index (χ1) is 11.3. The van der Waals surface area contributed by atoms with Crippen LogP contribution in [0.1, 0.15) is 24.8 Å². The number of piperazine rings is 1. The molecule has 122 valence electrons. The molecule has 0 bridgehead atoms. The highest BCUT2D eigenvalue weighted by Crippen LogP contribution is 2.28. The van der Waals surface area contributed by atoms with E-state index < -0.39 is 0 Å². The molecule has 23 heavy (non-hydrogen) atoms. The van der Waals surface area contributed by atoms with E-state index in [1.165, 1.54) is 30.3 Å². The zero-order chi connectivity index (χ0) is 15.6. The van der Waals surface area contributed by atoms with E-state index in [4.69, 9.17) is 0 Å². The van der Waals surface area contributed by atoms with Gasteiger partial charge in [-0.05, 0) is 43.5 Å². The molecule has 2 aliphatic rings. The van der Waals surface area contributed by atoms with Gasteiger partial charge < -0.3 is 5.11 Å². The molecule has 1 aromatic heterocycles. The minimum atomic E-state index is 0.275. The number of para-hydroxylation sites is 1. The third-order valence-electron chi connectivity index (χ3n) is 5.48. The lowest BCUT2D eigenvalue weighted by Gasteiger charge is -2.43. The van der Waals surface area contributed by atoms with E-state index in [-0.39, 0.29) is 6.61 Å². The van der Waals surface area contributed by atoms with Gasteiger partial charge in [0.15, 0.2) is 0 Å². The largest absolute Gasteiger partial charge is 0.396 e. The first kappa shape index (κ1) is 15.1. The van der Waals surface area contributed by atoms with Crippen LogP contribution in [0.25, 0.3) is 10.9 Å². The molecule has 4 nitrogen and oxygen atoms in total. The Labute approximate surface area is 137 Å². The molecule has 2 saturated heterocycles. The van der Waals surface area contributed by atoms with Crippen molar-refractivity contribution in [3.8, 4) is 0 Å². The lowest BCUT2D eigenvalue weighted by molar-refractivity contribution is 0.0336. The van der Waals surface area contributed by atoms with E-state index in [9.17, 15) is 5.11 Å². The minimum Gasteiger partial charge on any atom is -0.396 e. The Hall–Kier alpha value is -1.49. The van der Waals surface area contributed by atoms with Crippen molar-refractivity contribution in [1.29, 1.82) is 0 Å². The highest BCUT2D eigenvalue weighted by molar-refractivity contribution is 5.81. The molecule has 4 rings (SSSR count). The second-order valence-corrected chi connectivity index (χ2v) is 6.87. The number of hydrogen-bond acceptors (Lipinski definition) is 4. The van der Waals surface area contributed by atoms with Gasteiger partial charge in [0.25, 0.3) is 0 Å². The second-order valence-electron chi connectivity index (χ2n) is 6.87. The SMILES string of the molecule is OCC[C@H]1CN2CCC[C@@H]2CN1Cc1ccnc2ccccc12. The number of fused-ring (bicyclic) bond motifs is 2. The van der Waals surface area contributed by atoms with Gasteiger partial charge in [-0.15, -0.1) is 0 Å². The molecule has 0 aliphatic carbocycles. The van der Waals surface area contributed by atoms with Crippen LogP contribution in [-0.2, 0) is 6.54 Å². The number of rotatable bonds is 4. The lowest BCUT2D eigenvalue weighted by Crippen LogP contribution is -2.55. The summed E-state index contributed by atoms with van der Waals surface area (Å²) in [5.41, 5.74) is 2.42. The molecule has 0 amide bonds. The van der Waals surface area contributed by atoms with Crippen LogP contribution in [-0.4, -0.2) is 58.2 Å². The summed E-state index contributed by atoms with van der Waals surface area (Å²) in [5, 5.41) is 10.7. The maximum atomic E-state index is 9.46. The zero-order valence-electron chi connectivity index (χ0n) is 13.6. The van der Waals surface area contributed by atoms with Crippen LogP contribution in [0.4, 0.5) is 0 Å². The third kappa shape index (κ3) is 2.99. The van der Waals surface area contributed by atoms with Gasteiger partial charge in [-0.3, -0.25) is 14.8 Å². The molecule has 4 heteroatoms. The Bertz CT molecular complexity index is 669. The van der Waals surface area contributed by atoms with Gasteiger partial charge in [0, 0.05) is 49.9 Å². The molecule has 1 N–H and O–H groups in total. The van der Waals surface area contributed by atoms with Crippen molar-refractivity contribution in [2.75, 3.05) is 26.2 Å². The Morgan fingerprint density at radius 1 is 1.17 bits per heavy atom. The van der Waals surface area contributed by atoms with Gasteiger partial charge in [-0.2, -0.15) is 0 Å². The molecule has 0 saturated carbocycles. The average molecular weight is 311 g/mol. The summed E-state index contributed by atoms with van der Waals surface area (Å²) < 4.78 is 0. The Kier molecular flexibility index (Phi) is 4.29. The highest BCUT2D eigenvalue weighted by atomic mass is 16.3. The summed E-state index contributed by atoms with van der Waals surface area (Å²) in [6, 6.07) is 11.7. The van der Waals surface area contributed by atoms with Crippen LogP contribution in [0.15, 0.2) is 36.5 Å². The molecule has 2 fully saturated rings. The molecule has 0 unspecified atom stereocenters. The molecule has 2 aliphatic heterocycles. The second kappa shape index (κ2) is 6.56. The van der Waals surface area contributed by atoms with Crippen molar-refractivity contribution in [1.82, 2.24) is 14.8 Å². The number of aliphatic hydroxyl groups excluding tert-OH is 1. The zero-order valence-corrected chi connectivity index (χ0v) is 13.6. The summed E-state index contributed by atoms with van der Waals surface area (Å²) in [6.45, 7) is 4.70. The van der Waals surface area contributed by atoms with Crippen molar-refractivity contribution in [2.45, 2.75) is 37.9 Å². The van der Waals surface area contributed by atoms with E-state index >= 15 is 0 Å². The molecule has 3 heterocycles. The van der Waals surface area contributed by atoms with E-state index in [1.54, 1.807) is 0 Å². The van der Waals surface area contributed by atoms with Crippen LogP contribution in [0.5, 0.6) is 0 Å². The third-order valence-corrected chi connectivity index (χ3v) is 5.48. The van der Waals surface area contributed by atoms with Crippen molar-refractivity contribution >= 4 is 10.9 Å². The Morgan fingerprint density at radius 2 is 2.09 bits per heavy atom. The number of aliphatic hydroxyl groups is 1. The number of aromatic nitrogens is 1. The summed E-state index contributed by atoms with van der Waals surface area (Å²) in [7, 11) is 0. The van der Waals surface area contributed by atoms with Crippen LogP contribution >= 0.6 is 0 Å². The van der Waals surface area contributed by atoms with Gasteiger partial charge in [0.05, 0.1) is 5.52 Å². The Balaban J connectivity index is 1.59. The van der Waals surface area contributed by atoms with Gasteiger partial charge in [-0.1, -0.05) is 18.2 Å². The number of pyridine rings is 1. The summed E-state index contributed by atoms with van der Waals surface area (Å²) in [6.07, 6.45) is 5.43. The average Bonchev–Trinajstić information content (AvgIpc) is 3.03. The molecular formula is C19H25N3O. The van der Waals surface area contributed by atoms with Crippen molar-refractivity contribution < 1.29 is 5.11 Å². The van der Waals surface area contributed by atoms with E-state index in [1.807, 2.05) is 12.3 Å². The number of hydrogen-bond donors (Lipinski definition) is 1. The van der Waals surface area contributed by atoms with E-state index in [0.717, 1.165) is 31.6 Å². The first-order valence-electron chi connectivity index (χ1n) is 8.77. The van der Waals surface area contributed by atoms with Crippen molar-refractivity contribution in [3.05, 3.63) is 42.1 Å². The molecule has 2 aromatic rings. The van der Waals surface area contributed by atoms with Gasteiger partial charge in [0.2, 0.25) is 0 Å². The monoisotopic (exact) mass is 311 g/mol. The van der Waals surface area contributed by atoms with Crippen molar-refractivity contribution in [2.24, 2.45) is 0 Å². The summed E-state index contributed by atoms with van der Waals surface area (Å²) in [4.78, 5) is 9.69. The topological polar surface area (TPSA) is 39.6 Å². The summed E-state index contributed by atoms with van der Waals surface area (Å²) >= 11 is 0. The predicted molar refractivity (Wildman–Crippen MR) is 92.2 cm³/mol. The molecular weight excluding hydrogens is 286 g/mol. The van der Waals surface area contributed by atoms with Crippen LogP contribution in [0.3, 0.4) is 0 Å². The fourth-order valence-corrected chi connectivity index (χ4v) is 4.28.